The third-order valence-electron chi connectivity index (χ3n) is 1.90. The van der Waals surface area contributed by atoms with Gasteiger partial charge in [-0.05, 0) is 18.8 Å². The fraction of sp³-hybridized carbons (Fsp3) is 1.00. The lowest BCUT2D eigenvalue weighted by molar-refractivity contribution is -0.341. The van der Waals surface area contributed by atoms with Gasteiger partial charge in [0.2, 0.25) is 0 Å². The van der Waals surface area contributed by atoms with E-state index in [4.69, 9.17) is 9.79 Å². The van der Waals surface area contributed by atoms with Gasteiger partial charge in [0.05, 0.1) is 20.5 Å². The summed E-state index contributed by atoms with van der Waals surface area (Å²) in [6.45, 7) is 3.08. The van der Waals surface area contributed by atoms with Gasteiger partial charge in [0, 0.05) is 0 Å². The average Bonchev–Trinajstić information content (AvgIpc) is 2.06. The van der Waals surface area contributed by atoms with Crippen molar-refractivity contribution in [2.75, 3.05) is 6.61 Å². The summed E-state index contributed by atoms with van der Waals surface area (Å²) in [7, 11) is -9.56. The fourth-order valence-corrected chi connectivity index (χ4v) is 2.20. The van der Waals surface area contributed by atoms with Gasteiger partial charge in [-0.3, -0.25) is 4.52 Å². The Bertz CT molecular complexity index is 305. The van der Waals surface area contributed by atoms with E-state index in [1.165, 1.54) is 0 Å². The lowest BCUT2D eigenvalue weighted by Gasteiger charge is -2.29. The lowest BCUT2D eigenvalue weighted by Crippen LogP contribution is -2.20. The Kier molecular flexibility index (Phi) is 7.06. The molecule has 0 bridgehead atoms. The molecule has 2 N–H and O–H groups in total. The summed E-state index contributed by atoms with van der Waals surface area (Å²) in [5.41, 5.74) is 0. The van der Waals surface area contributed by atoms with Crippen LogP contribution in [-0.4, -0.2) is 22.5 Å². The summed E-state index contributed by atoms with van der Waals surface area (Å²) in [6, 6.07) is 0. The van der Waals surface area contributed by atoms with Gasteiger partial charge in [-0.15, -0.1) is 0 Å². The SMILES string of the molecule is CC(C)C(CCCOP(=O)([O-])[O-])OP(=O)(O)O. The second-order valence-electron chi connectivity index (χ2n) is 3.80. The van der Waals surface area contributed by atoms with Gasteiger partial charge in [-0.2, -0.15) is 0 Å². The number of rotatable bonds is 8. The van der Waals surface area contributed by atoms with Crippen molar-refractivity contribution in [2.24, 2.45) is 5.92 Å². The first-order valence-corrected chi connectivity index (χ1v) is 7.91. The minimum atomic E-state index is -4.98. The number of phosphoric ester groups is 2. The Labute approximate surface area is 99.4 Å². The minimum absolute atomic E-state index is 0.150. The highest BCUT2D eigenvalue weighted by molar-refractivity contribution is 7.46. The van der Waals surface area contributed by atoms with Crippen LogP contribution in [0.25, 0.3) is 0 Å². The van der Waals surface area contributed by atoms with Crippen molar-refractivity contribution in [3.05, 3.63) is 0 Å². The average molecular weight is 290 g/mol. The third kappa shape index (κ3) is 11.1. The van der Waals surface area contributed by atoms with Gasteiger partial charge >= 0.3 is 7.82 Å². The van der Waals surface area contributed by atoms with Gasteiger partial charge in [0.25, 0.3) is 0 Å². The summed E-state index contributed by atoms with van der Waals surface area (Å²) in [5.74, 6) is -0.158. The maximum atomic E-state index is 10.6. The Balaban J connectivity index is 4.03. The predicted molar refractivity (Wildman–Crippen MR) is 54.5 cm³/mol. The second-order valence-corrected chi connectivity index (χ2v) is 6.15. The Morgan fingerprint density at radius 2 is 1.76 bits per heavy atom. The highest BCUT2D eigenvalue weighted by Gasteiger charge is 2.24. The van der Waals surface area contributed by atoms with Crippen LogP contribution in [0, 0.1) is 5.92 Å². The molecule has 104 valence electrons. The van der Waals surface area contributed by atoms with Crippen molar-refractivity contribution in [3.63, 3.8) is 0 Å². The molecular weight excluding hydrogens is 274 g/mol. The molecule has 0 spiro atoms. The first-order valence-electron chi connectivity index (χ1n) is 4.92. The first-order chi connectivity index (χ1) is 7.51. The molecule has 8 nitrogen and oxygen atoms in total. The van der Waals surface area contributed by atoms with E-state index >= 15 is 0 Å². The molecule has 0 rings (SSSR count). The van der Waals surface area contributed by atoms with E-state index in [-0.39, 0.29) is 25.4 Å². The lowest BCUT2D eigenvalue weighted by atomic mass is 10.0. The summed E-state index contributed by atoms with van der Waals surface area (Å²) in [5, 5.41) is 0. The van der Waals surface area contributed by atoms with Crippen LogP contribution < -0.4 is 9.79 Å². The van der Waals surface area contributed by atoms with E-state index in [9.17, 15) is 18.9 Å². The van der Waals surface area contributed by atoms with Crippen LogP contribution in [0.1, 0.15) is 26.7 Å². The summed E-state index contributed by atoms with van der Waals surface area (Å²) in [4.78, 5) is 37.5. The summed E-state index contributed by atoms with van der Waals surface area (Å²) < 4.78 is 29.3. The fourth-order valence-electron chi connectivity index (χ4n) is 1.14. The van der Waals surface area contributed by atoms with Crippen LogP contribution in [0.4, 0.5) is 0 Å². The number of hydrogen-bond donors (Lipinski definition) is 2. The number of phosphoric acid groups is 2. The van der Waals surface area contributed by atoms with E-state index in [2.05, 4.69) is 9.05 Å². The molecule has 0 aromatic heterocycles. The molecule has 0 radical (unpaired) electrons. The van der Waals surface area contributed by atoms with E-state index in [1.807, 2.05) is 0 Å². The van der Waals surface area contributed by atoms with E-state index in [0.29, 0.717) is 0 Å². The quantitative estimate of drug-likeness (QED) is 0.460. The van der Waals surface area contributed by atoms with Crippen molar-refractivity contribution < 1.29 is 37.8 Å². The monoisotopic (exact) mass is 290 g/mol. The largest absolute Gasteiger partial charge is 0.790 e. The van der Waals surface area contributed by atoms with Crippen LogP contribution in [0.2, 0.25) is 0 Å². The van der Waals surface area contributed by atoms with Gasteiger partial charge in [0.15, 0.2) is 0 Å². The Morgan fingerprint density at radius 1 is 1.24 bits per heavy atom. The van der Waals surface area contributed by atoms with E-state index in [0.717, 1.165) is 0 Å². The Morgan fingerprint density at radius 3 is 2.12 bits per heavy atom. The van der Waals surface area contributed by atoms with Crippen LogP contribution in [-0.2, 0) is 18.2 Å². The highest BCUT2D eigenvalue weighted by Crippen LogP contribution is 2.40. The zero-order valence-corrected chi connectivity index (χ0v) is 11.3. The van der Waals surface area contributed by atoms with E-state index < -0.39 is 21.7 Å². The first kappa shape index (κ1) is 17.2. The van der Waals surface area contributed by atoms with Gasteiger partial charge in [-0.1, -0.05) is 13.8 Å². The molecule has 0 heterocycles. The molecule has 0 fully saturated rings. The zero-order chi connectivity index (χ0) is 13.7. The molecule has 0 saturated heterocycles. The predicted octanol–water partition coefficient (Wildman–Crippen LogP) is -0.254. The van der Waals surface area contributed by atoms with Crippen LogP contribution in [0.5, 0.6) is 0 Å². The van der Waals surface area contributed by atoms with Crippen molar-refractivity contribution in [1.29, 1.82) is 0 Å². The van der Waals surface area contributed by atoms with Gasteiger partial charge < -0.3 is 28.7 Å². The molecule has 0 aromatic carbocycles. The molecule has 0 aromatic rings. The van der Waals surface area contributed by atoms with Crippen molar-refractivity contribution >= 4 is 15.6 Å². The van der Waals surface area contributed by atoms with Crippen LogP contribution in [0.15, 0.2) is 0 Å². The standard InChI is InChI=1S/C7H18O8P2/c1-6(2)7(15-17(11,12)13)4-3-5-14-16(8,9)10/h6-7H,3-5H2,1-2H3,(H2,8,9,10)(H2,11,12,13)/p-2. The van der Waals surface area contributed by atoms with Crippen LogP contribution in [0.3, 0.4) is 0 Å². The maximum Gasteiger partial charge on any atom is 0.469 e. The summed E-state index contributed by atoms with van der Waals surface area (Å²) >= 11 is 0. The smallest absolute Gasteiger partial charge is 0.469 e. The third-order valence-corrected chi connectivity index (χ3v) is 2.94. The van der Waals surface area contributed by atoms with Crippen molar-refractivity contribution in [1.82, 2.24) is 0 Å². The van der Waals surface area contributed by atoms with E-state index in [1.54, 1.807) is 13.8 Å². The topological polar surface area (TPSA) is 139 Å². The van der Waals surface area contributed by atoms with Crippen molar-refractivity contribution in [3.8, 4) is 0 Å². The molecule has 0 amide bonds. The highest BCUT2D eigenvalue weighted by atomic mass is 31.2. The van der Waals surface area contributed by atoms with Crippen molar-refractivity contribution in [2.45, 2.75) is 32.8 Å². The normalized spacial score (nSPS) is 15.2. The molecule has 0 aliphatic heterocycles. The molecular formula is C7H16O8P2-2. The zero-order valence-electron chi connectivity index (χ0n) is 9.51. The molecule has 0 saturated carbocycles. The second kappa shape index (κ2) is 6.97. The van der Waals surface area contributed by atoms with Crippen LogP contribution >= 0.6 is 15.6 Å². The molecule has 0 aliphatic rings. The molecule has 17 heavy (non-hydrogen) atoms. The number of hydrogen-bond acceptors (Lipinski definition) is 6. The van der Waals surface area contributed by atoms with Gasteiger partial charge in [-0.25, -0.2) is 4.57 Å². The summed E-state index contributed by atoms with van der Waals surface area (Å²) in [6.07, 6.45) is -0.391. The molecule has 1 unspecified atom stereocenters. The molecule has 0 aliphatic carbocycles. The van der Waals surface area contributed by atoms with Gasteiger partial charge in [0.1, 0.15) is 0 Å². The molecule has 1 atom stereocenters. The Hall–Kier alpha value is 0.220. The maximum absolute atomic E-state index is 10.6. The molecule has 10 heteroatoms. The minimum Gasteiger partial charge on any atom is -0.790 e.